The number of carboxylic acids is 1. The summed E-state index contributed by atoms with van der Waals surface area (Å²) in [6.45, 7) is 5.32. The summed E-state index contributed by atoms with van der Waals surface area (Å²) in [6.07, 6.45) is 2.04. The Morgan fingerprint density at radius 3 is 2.25 bits per heavy atom. The molecule has 1 unspecified atom stereocenters. The van der Waals surface area contributed by atoms with Crippen molar-refractivity contribution in [3.63, 3.8) is 0 Å². The Morgan fingerprint density at radius 2 is 1.80 bits per heavy atom. The average Bonchev–Trinajstić information content (AvgIpc) is 3.10. The van der Waals surface area contributed by atoms with Gasteiger partial charge >= 0.3 is 12.0 Å². The third kappa shape index (κ3) is 5.90. The number of aliphatic carboxylic acids is 1. The number of urea groups is 1. The van der Waals surface area contributed by atoms with Gasteiger partial charge in [-0.1, -0.05) is 0 Å². The van der Waals surface area contributed by atoms with Gasteiger partial charge in [0, 0.05) is 12.6 Å². The fraction of sp³-hybridized carbons (Fsp3) is 0.769. The molecule has 0 saturated heterocycles. The molecule has 1 aliphatic rings. The molecule has 20 heavy (non-hydrogen) atoms. The number of nitrogens with one attached hydrogen (secondary N) is 2. The van der Waals surface area contributed by atoms with Crippen LogP contribution in [0.2, 0.25) is 0 Å². The predicted molar refractivity (Wildman–Crippen MR) is 73.2 cm³/mol. The largest absolute Gasteiger partial charge is 0.480 e. The van der Waals surface area contributed by atoms with E-state index in [1.807, 2.05) is 13.8 Å². The Kier molecular flexibility index (Phi) is 5.79. The van der Waals surface area contributed by atoms with Crippen molar-refractivity contribution in [1.82, 2.24) is 15.5 Å². The third-order valence-corrected chi connectivity index (χ3v) is 2.95. The van der Waals surface area contributed by atoms with Gasteiger partial charge in [0.1, 0.15) is 12.6 Å². The molecule has 3 amide bonds. The van der Waals surface area contributed by atoms with E-state index >= 15 is 0 Å². The highest BCUT2D eigenvalue weighted by molar-refractivity contribution is 5.87. The van der Waals surface area contributed by atoms with Gasteiger partial charge in [-0.05, 0) is 39.5 Å². The monoisotopic (exact) mass is 285 g/mol. The van der Waals surface area contributed by atoms with Crippen LogP contribution in [-0.4, -0.2) is 53.1 Å². The van der Waals surface area contributed by atoms with Crippen molar-refractivity contribution < 1.29 is 19.5 Å². The first-order valence-electron chi connectivity index (χ1n) is 6.87. The van der Waals surface area contributed by atoms with E-state index in [9.17, 15) is 14.4 Å². The molecule has 0 radical (unpaired) electrons. The Bertz CT molecular complexity index is 380. The standard InChI is InChI=1S/C13H23N3O4/c1-8(2)14-12(19)9(3)15-13(20)16(7-11(17)18)6-10-4-5-10/h8-10H,4-7H2,1-3H3,(H,14,19)(H,15,20)(H,17,18). The molecule has 1 fully saturated rings. The molecule has 0 bridgehead atoms. The lowest BCUT2D eigenvalue weighted by Gasteiger charge is -2.23. The van der Waals surface area contributed by atoms with Gasteiger partial charge in [-0.25, -0.2) is 4.79 Å². The molecular formula is C13H23N3O4. The van der Waals surface area contributed by atoms with E-state index in [2.05, 4.69) is 10.6 Å². The zero-order valence-corrected chi connectivity index (χ0v) is 12.2. The van der Waals surface area contributed by atoms with Crippen LogP contribution in [0.5, 0.6) is 0 Å². The molecule has 1 saturated carbocycles. The molecule has 0 aromatic carbocycles. The van der Waals surface area contributed by atoms with Gasteiger partial charge in [-0.3, -0.25) is 9.59 Å². The summed E-state index contributed by atoms with van der Waals surface area (Å²) < 4.78 is 0. The molecule has 7 heteroatoms. The second-order valence-corrected chi connectivity index (χ2v) is 5.55. The van der Waals surface area contributed by atoms with E-state index in [0.29, 0.717) is 12.5 Å². The second kappa shape index (κ2) is 7.12. The van der Waals surface area contributed by atoms with Gasteiger partial charge in [-0.2, -0.15) is 0 Å². The molecule has 1 atom stereocenters. The summed E-state index contributed by atoms with van der Waals surface area (Å²) in [4.78, 5) is 35.8. The SMILES string of the molecule is CC(C)NC(=O)C(C)NC(=O)N(CC(=O)O)CC1CC1. The first kappa shape index (κ1) is 16.3. The van der Waals surface area contributed by atoms with Gasteiger partial charge in [0.05, 0.1) is 0 Å². The molecule has 0 spiro atoms. The number of carbonyl (C=O) groups excluding carboxylic acids is 2. The summed E-state index contributed by atoms with van der Waals surface area (Å²) in [5.41, 5.74) is 0. The van der Waals surface area contributed by atoms with E-state index in [0.717, 1.165) is 12.8 Å². The van der Waals surface area contributed by atoms with Gasteiger partial charge in [-0.15, -0.1) is 0 Å². The minimum Gasteiger partial charge on any atom is -0.480 e. The van der Waals surface area contributed by atoms with E-state index < -0.39 is 18.0 Å². The summed E-state index contributed by atoms with van der Waals surface area (Å²) in [6, 6.07) is -1.21. The summed E-state index contributed by atoms with van der Waals surface area (Å²) in [5.74, 6) is -0.949. The van der Waals surface area contributed by atoms with Crippen molar-refractivity contribution >= 4 is 17.9 Å². The lowest BCUT2D eigenvalue weighted by Crippen LogP contribution is -2.52. The second-order valence-electron chi connectivity index (χ2n) is 5.55. The summed E-state index contributed by atoms with van der Waals surface area (Å²) in [5, 5.41) is 14.1. The van der Waals surface area contributed by atoms with Crippen LogP contribution in [0.15, 0.2) is 0 Å². The van der Waals surface area contributed by atoms with Crippen LogP contribution in [0.4, 0.5) is 4.79 Å². The highest BCUT2D eigenvalue weighted by Crippen LogP contribution is 2.29. The summed E-state index contributed by atoms with van der Waals surface area (Å²) >= 11 is 0. The number of hydrogen-bond acceptors (Lipinski definition) is 3. The number of nitrogens with zero attached hydrogens (tertiary/aromatic N) is 1. The van der Waals surface area contributed by atoms with E-state index in [1.165, 1.54) is 4.90 Å². The van der Waals surface area contributed by atoms with E-state index in [4.69, 9.17) is 5.11 Å². The van der Waals surface area contributed by atoms with Crippen molar-refractivity contribution in [1.29, 1.82) is 0 Å². The molecule has 0 aromatic heterocycles. The van der Waals surface area contributed by atoms with Crippen LogP contribution in [0.1, 0.15) is 33.6 Å². The van der Waals surface area contributed by atoms with Gasteiger partial charge in [0.15, 0.2) is 0 Å². The molecule has 1 aliphatic carbocycles. The molecule has 0 aromatic rings. The maximum Gasteiger partial charge on any atom is 0.323 e. The number of carboxylic acid groups (broad SMARTS) is 1. The van der Waals surface area contributed by atoms with Crippen LogP contribution in [0, 0.1) is 5.92 Å². The Balaban J connectivity index is 2.50. The van der Waals surface area contributed by atoms with Crippen molar-refractivity contribution in [2.45, 2.75) is 45.7 Å². The van der Waals surface area contributed by atoms with Crippen molar-refractivity contribution in [2.24, 2.45) is 5.92 Å². The molecule has 3 N–H and O–H groups in total. The number of amides is 3. The lowest BCUT2D eigenvalue weighted by atomic mass is 10.3. The Labute approximate surface area is 118 Å². The maximum absolute atomic E-state index is 12.0. The van der Waals surface area contributed by atoms with Crippen molar-refractivity contribution in [3.8, 4) is 0 Å². The van der Waals surface area contributed by atoms with E-state index in [1.54, 1.807) is 6.92 Å². The van der Waals surface area contributed by atoms with E-state index in [-0.39, 0.29) is 18.5 Å². The minimum atomic E-state index is -1.06. The smallest absolute Gasteiger partial charge is 0.323 e. The molecule has 7 nitrogen and oxygen atoms in total. The van der Waals surface area contributed by atoms with Crippen LogP contribution >= 0.6 is 0 Å². The van der Waals surface area contributed by atoms with Crippen LogP contribution < -0.4 is 10.6 Å². The zero-order valence-electron chi connectivity index (χ0n) is 12.2. The highest BCUT2D eigenvalue weighted by atomic mass is 16.4. The van der Waals surface area contributed by atoms with Crippen LogP contribution in [0.3, 0.4) is 0 Å². The Morgan fingerprint density at radius 1 is 1.20 bits per heavy atom. The normalized spacial score (nSPS) is 15.6. The molecular weight excluding hydrogens is 262 g/mol. The fourth-order valence-electron chi connectivity index (χ4n) is 1.75. The fourth-order valence-corrected chi connectivity index (χ4v) is 1.75. The molecule has 0 heterocycles. The lowest BCUT2D eigenvalue weighted by molar-refractivity contribution is -0.137. The highest BCUT2D eigenvalue weighted by Gasteiger charge is 2.29. The maximum atomic E-state index is 12.0. The summed E-state index contributed by atoms with van der Waals surface area (Å²) in [7, 11) is 0. The molecule has 0 aliphatic heterocycles. The quantitative estimate of drug-likeness (QED) is 0.630. The molecule has 114 valence electrons. The third-order valence-electron chi connectivity index (χ3n) is 2.95. The van der Waals surface area contributed by atoms with Crippen molar-refractivity contribution in [3.05, 3.63) is 0 Å². The predicted octanol–water partition coefficient (Wildman–Crippen LogP) is 0.406. The topological polar surface area (TPSA) is 98.7 Å². The average molecular weight is 285 g/mol. The minimum absolute atomic E-state index is 0.0107. The van der Waals surface area contributed by atoms with Crippen LogP contribution in [-0.2, 0) is 9.59 Å². The first-order chi connectivity index (χ1) is 9.29. The molecule has 1 rings (SSSR count). The van der Waals surface area contributed by atoms with Crippen molar-refractivity contribution in [2.75, 3.05) is 13.1 Å². The number of carbonyl (C=O) groups is 3. The van der Waals surface area contributed by atoms with Gasteiger partial charge in [0.2, 0.25) is 5.91 Å². The van der Waals surface area contributed by atoms with Gasteiger partial charge in [0.25, 0.3) is 0 Å². The first-order valence-corrected chi connectivity index (χ1v) is 6.87. The zero-order chi connectivity index (χ0) is 15.3. The number of rotatable bonds is 7. The van der Waals surface area contributed by atoms with Crippen LogP contribution in [0.25, 0.3) is 0 Å². The van der Waals surface area contributed by atoms with Gasteiger partial charge < -0.3 is 20.6 Å². The number of hydrogen-bond donors (Lipinski definition) is 3. The Hall–Kier alpha value is -1.79.